The third kappa shape index (κ3) is 5.32. The van der Waals surface area contributed by atoms with E-state index >= 15 is 0 Å². The second-order valence-electron chi connectivity index (χ2n) is 6.61. The topological polar surface area (TPSA) is 75.7 Å². The van der Waals surface area contributed by atoms with E-state index in [1.165, 1.54) is 4.31 Å². The summed E-state index contributed by atoms with van der Waals surface area (Å²) >= 11 is 0. The summed E-state index contributed by atoms with van der Waals surface area (Å²) in [4.78, 5) is 12.8. The largest absolute Gasteiger partial charge is 0.489 e. The Balaban J connectivity index is 1.76. The number of ether oxygens (including phenoxy) is 1. The van der Waals surface area contributed by atoms with Crippen molar-refractivity contribution in [3.8, 4) is 5.75 Å². The van der Waals surface area contributed by atoms with Gasteiger partial charge in [0.1, 0.15) is 12.4 Å². The van der Waals surface area contributed by atoms with Crippen molar-refractivity contribution in [1.29, 1.82) is 0 Å². The van der Waals surface area contributed by atoms with E-state index in [1.807, 2.05) is 0 Å². The maximum atomic E-state index is 13.0. The molecule has 3 rings (SSSR count). The van der Waals surface area contributed by atoms with Crippen LogP contribution < -0.4 is 14.4 Å². The Morgan fingerprint density at radius 2 is 1.74 bits per heavy atom. The van der Waals surface area contributed by atoms with Crippen LogP contribution in [0.4, 0.5) is 11.4 Å². The number of sulfonamides is 1. The van der Waals surface area contributed by atoms with Crippen molar-refractivity contribution in [2.45, 2.75) is 11.8 Å². The third-order valence-corrected chi connectivity index (χ3v) is 6.41. The van der Waals surface area contributed by atoms with E-state index in [1.54, 1.807) is 91.9 Å². The maximum Gasteiger partial charge on any atom is 0.264 e. The van der Waals surface area contributed by atoms with Crippen LogP contribution in [0.5, 0.6) is 5.75 Å². The predicted molar refractivity (Wildman–Crippen MR) is 123 cm³/mol. The first kappa shape index (κ1) is 22.1. The van der Waals surface area contributed by atoms with Crippen molar-refractivity contribution < 1.29 is 17.9 Å². The molecule has 1 amide bonds. The molecule has 0 aliphatic heterocycles. The zero-order chi connectivity index (χ0) is 22.3. The minimum Gasteiger partial charge on any atom is -0.489 e. The molecule has 0 saturated heterocycles. The van der Waals surface area contributed by atoms with Gasteiger partial charge in [0.15, 0.2) is 0 Å². The highest BCUT2D eigenvalue weighted by Gasteiger charge is 2.23. The zero-order valence-electron chi connectivity index (χ0n) is 17.2. The predicted octanol–water partition coefficient (Wildman–Crippen LogP) is 4.72. The first-order valence-corrected chi connectivity index (χ1v) is 11.2. The summed E-state index contributed by atoms with van der Waals surface area (Å²) in [7, 11) is -3.69. The molecule has 0 aliphatic rings. The van der Waals surface area contributed by atoms with Crippen molar-refractivity contribution in [2.75, 3.05) is 22.8 Å². The standard InChI is InChI=1S/C24H24N2O4S/c1-3-17-30-22-10-8-9-20(18-22)25-24(27)19-13-15-21(16-14-19)26(4-2)31(28,29)23-11-6-5-7-12-23/h3,5-16,18H,1,4,17H2,2H3,(H,25,27). The van der Waals surface area contributed by atoms with Gasteiger partial charge in [0, 0.05) is 23.9 Å². The van der Waals surface area contributed by atoms with Crippen molar-refractivity contribution in [3.05, 3.63) is 97.1 Å². The van der Waals surface area contributed by atoms with E-state index in [2.05, 4.69) is 11.9 Å². The highest BCUT2D eigenvalue weighted by Crippen LogP contribution is 2.24. The number of hydrogen-bond donors (Lipinski definition) is 1. The van der Waals surface area contributed by atoms with E-state index < -0.39 is 10.0 Å². The number of nitrogens with one attached hydrogen (secondary N) is 1. The maximum absolute atomic E-state index is 13.0. The summed E-state index contributed by atoms with van der Waals surface area (Å²) in [5.41, 5.74) is 1.49. The Morgan fingerprint density at radius 1 is 1.03 bits per heavy atom. The van der Waals surface area contributed by atoms with Crippen molar-refractivity contribution in [1.82, 2.24) is 0 Å². The zero-order valence-corrected chi connectivity index (χ0v) is 18.0. The molecule has 0 aromatic heterocycles. The van der Waals surface area contributed by atoms with Gasteiger partial charge in [-0.3, -0.25) is 9.10 Å². The van der Waals surface area contributed by atoms with Gasteiger partial charge in [0.2, 0.25) is 0 Å². The highest BCUT2D eigenvalue weighted by atomic mass is 32.2. The molecule has 3 aromatic rings. The first-order valence-electron chi connectivity index (χ1n) is 9.78. The molecule has 0 atom stereocenters. The molecule has 160 valence electrons. The fourth-order valence-corrected chi connectivity index (χ4v) is 4.51. The van der Waals surface area contributed by atoms with Gasteiger partial charge in [-0.05, 0) is 55.5 Å². The molecule has 6 nitrogen and oxygen atoms in total. The van der Waals surface area contributed by atoms with Gasteiger partial charge in [-0.1, -0.05) is 36.9 Å². The molecule has 1 N–H and O–H groups in total. The number of carbonyl (C=O) groups excluding carboxylic acids is 1. The van der Waals surface area contributed by atoms with Gasteiger partial charge < -0.3 is 10.1 Å². The summed E-state index contributed by atoms with van der Waals surface area (Å²) in [6, 6.07) is 21.8. The molecular weight excluding hydrogens is 412 g/mol. The second-order valence-corrected chi connectivity index (χ2v) is 8.47. The van der Waals surface area contributed by atoms with Crippen molar-refractivity contribution >= 4 is 27.3 Å². The molecular formula is C24H24N2O4S. The van der Waals surface area contributed by atoms with Crippen LogP contribution in [0.1, 0.15) is 17.3 Å². The normalized spacial score (nSPS) is 10.9. The van der Waals surface area contributed by atoms with Gasteiger partial charge in [0.25, 0.3) is 15.9 Å². The fraction of sp³-hybridized carbons (Fsp3) is 0.125. The quantitative estimate of drug-likeness (QED) is 0.493. The number of anilines is 2. The highest BCUT2D eigenvalue weighted by molar-refractivity contribution is 7.92. The van der Waals surface area contributed by atoms with E-state index in [0.29, 0.717) is 29.3 Å². The summed E-state index contributed by atoms with van der Waals surface area (Å²) < 4.78 is 32.7. The molecule has 0 bridgehead atoms. The Bertz CT molecular complexity index is 1140. The van der Waals surface area contributed by atoms with Gasteiger partial charge in [-0.25, -0.2) is 8.42 Å². The van der Waals surface area contributed by atoms with Crippen molar-refractivity contribution in [2.24, 2.45) is 0 Å². The number of carbonyl (C=O) groups is 1. The van der Waals surface area contributed by atoms with E-state index in [9.17, 15) is 13.2 Å². The van der Waals surface area contributed by atoms with Crippen LogP contribution in [0.2, 0.25) is 0 Å². The van der Waals surface area contributed by atoms with Gasteiger partial charge in [-0.15, -0.1) is 0 Å². The summed E-state index contributed by atoms with van der Waals surface area (Å²) in [5, 5.41) is 2.82. The van der Waals surface area contributed by atoms with Crippen molar-refractivity contribution in [3.63, 3.8) is 0 Å². The molecule has 0 fully saturated rings. The average molecular weight is 437 g/mol. The van der Waals surface area contributed by atoms with E-state index in [4.69, 9.17) is 4.74 Å². The molecule has 0 radical (unpaired) electrons. The van der Waals surface area contributed by atoms with Crippen LogP contribution in [0.25, 0.3) is 0 Å². The lowest BCUT2D eigenvalue weighted by Gasteiger charge is -2.23. The fourth-order valence-electron chi connectivity index (χ4n) is 3.01. The van der Waals surface area contributed by atoms with E-state index in [-0.39, 0.29) is 17.3 Å². The molecule has 0 heterocycles. The summed E-state index contributed by atoms with van der Waals surface area (Å²) in [5.74, 6) is 0.319. The summed E-state index contributed by atoms with van der Waals surface area (Å²) in [6.07, 6.45) is 1.64. The number of nitrogens with zero attached hydrogens (tertiary/aromatic N) is 1. The van der Waals surface area contributed by atoms with Crippen LogP contribution in [-0.4, -0.2) is 27.5 Å². The third-order valence-electron chi connectivity index (χ3n) is 4.50. The Labute approximate surface area is 182 Å². The lowest BCUT2D eigenvalue weighted by atomic mass is 10.2. The van der Waals surface area contributed by atoms with Crippen LogP contribution in [0, 0.1) is 0 Å². The van der Waals surface area contributed by atoms with Crippen LogP contribution in [0.3, 0.4) is 0 Å². The Hall–Kier alpha value is -3.58. The van der Waals surface area contributed by atoms with Gasteiger partial charge in [-0.2, -0.15) is 0 Å². The molecule has 31 heavy (non-hydrogen) atoms. The first-order chi connectivity index (χ1) is 15.0. The molecule has 0 unspecified atom stereocenters. The molecule has 7 heteroatoms. The van der Waals surface area contributed by atoms with E-state index in [0.717, 1.165) is 0 Å². The smallest absolute Gasteiger partial charge is 0.264 e. The van der Waals surface area contributed by atoms with Gasteiger partial charge >= 0.3 is 0 Å². The number of amides is 1. The average Bonchev–Trinajstić information content (AvgIpc) is 2.79. The monoisotopic (exact) mass is 436 g/mol. The molecule has 0 spiro atoms. The second kappa shape index (κ2) is 9.95. The number of benzene rings is 3. The molecule has 0 saturated carbocycles. The Kier molecular flexibility index (Phi) is 7.10. The van der Waals surface area contributed by atoms with Crippen LogP contribution in [-0.2, 0) is 10.0 Å². The lowest BCUT2D eigenvalue weighted by molar-refractivity contribution is 0.102. The number of rotatable bonds is 9. The minimum absolute atomic E-state index is 0.220. The minimum atomic E-state index is -3.69. The summed E-state index contributed by atoms with van der Waals surface area (Å²) in [6.45, 7) is 6.01. The molecule has 0 aliphatic carbocycles. The van der Waals surface area contributed by atoms with Gasteiger partial charge in [0.05, 0.1) is 10.6 Å². The SMILES string of the molecule is C=CCOc1cccc(NC(=O)c2ccc(N(CC)S(=O)(=O)c3ccccc3)cc2)c1. The number of hydrogen-bond acceptors (Lipinski definition) is 4. The Morgan fingerprint density at radius 3 is 2.39 bits per heavy atom. The van der Waals surface area contributed by atoms with Crippen LogP contribution in [0.15, 0.2) is 96.4 Å². The molecule has 3 aromatic carbocycles. The van der Waals surface area contributed by atoms with Crippen LogP contribution >= 0.6 is 0 Å². The lowest BCUT2D eigenvalue weighted by Crippen LogP contribution is -2.30.